The Morgan fingerprint density at radius 1 is 1.35 bits per heavy atom. The van der Waals surface area contributed by atoms with Gasteiger partial charge in [0, 0.05) is 18.1 Å². The Hall–Kier alpha value is -2.37. The summed E-state index contributed by atoms with van der Waals surface area (Å²) in [5.74, 6) is -1.83. The van der Waals surface area contributed by atoms with Crippen molar-refractivity contribution >= 4 is 22.8 Å². The summed E-state index contributed by atoms with van der Waals surface area (Å²) in [6.45, 7) is -1.11. The van der Waals surface area contributed by atoms with Gasteiger partial charge in [0.2, 0.25) is 5.91 Å². The Morgan fingerprint density at radius 3 is 2.85 bits per heavy atom. The van der Waals surface area contributed by atoms with Crippen molar-refractivity contribution in [2.24, 2.45) is 0 Å². The molecule has 1 aromatic heterocycles. The quantitative estimate of drug-likeness (QED) is 0.751. The molecule has 0 saturated carbocycles. The van der Waals surface area contributed by atoms with Gasteiger partial charge in [-0.3, -0.25) is 4.79 Å². The molecule has 2 aromatic rings. The maximum atomic E-state index is 12.4. The van der Waals surface area contributed by atoms with Crippen LogP contribution in [0.25, 0.3) is 10.9 Å². The van der Waals surface area contributed by atoms with Crippen LogP contribution in [0, 0.1) is 0 Å². The molecule has 5 nitrogen and oxygen atoms in total. The Kier molecular flexibility index (Phi) is 4.34. The summed E-state index contributed by atoms with van der Waals surface area (Å²) < 4.78 is 12.4. The molecule has 1 amide bonds. The maximum Gasteiger partial charge on any atom is 0.328 e. The molecule has 2 rings (SSSR count). The zero-order valence-electron chi connectivity index (χ0n) is 10.7. The van der Waals surface area contributed by atoms with Gasteiger partial charge >= 0.3 is 5.97 Å². The first-order valence-corrected chi connectivity index (χ1v) is 6.24. The van der Waals surface area contributed by atoms with E-state index in [1.165, 1.54) is 0 Å². The van der Waals surface area contributed by atoms with Gasteiger partial charge < -0.3 is 15.4 Å². The van der Waals surface area contributed by atoms with Gasteiger partial charge in [-0.2, -0.15) is 0 Å². The number of benzene rings is 1. The van der Waals surface area contributed by atoms with E-state index in [0.29, 0.717) is 6.42 Å². The van der Waals surface area contributed by atoms with Crippen LogP contribution in [0.1, 0.15) is 12.0 Å². The minimum absolute atomic E-state index is 0.125. The number of amides is 1. The van der Waals surface area contributed by atoms with Gasteiger partial charge in [-0.1, -0.05) is 6.07 Å². The summed E-state index contributed by atoms with van der Waals surface area (Å²) >= 11 is 0. The van der Waals surface area contributed by atoms with E-state index < -0.39 is 24.6 Å². The summed E-state index contributed by atoms with van der Waals surface area (Å²) in [7, 11) is 0. The lowest BCUT2D eigenvalue weighted by Gasteiger charge is -2.10. The smallest absolute Gasteiger partial charge is 0.328 e. The number of fused-ring (bicyclic) bond motifs is 1. The van der Waals surface area contributed by atoms with Gasteiger partial charge in [0.1, 0.15) is 6.67 Å². The fraction of sp³-hybridized carbons (Fsp3) is 0.286. The number of hydrogen-bond donors (Lipinski definition) is 3. The largest absolute Gasteiger partial charge is 0.480 e. The van der Waals surface area contributed by atoms with E-state index in [9.17, 15) is 14.0 Å². The summed E-state index contributed by atoms with van der Waals surface area (Å²) in [5, 5.41) is 11.8. The van der Waals surface area contributed by atoms with Crippen LogP contribution in [0.15, 0.2) is 30.5 Å². The highest BCUT2D eigenvalue weighted by molar-refractivity contribution is 5.84. The summed E-state index contributed by atoms with van der Waals surface area (Å²) in [6, 6.07) is 6.25. The topological polar surface area (TPSA) is 82.2 Å². The minimum Gasteiger partial charge on any atom is -0.480 e. The number of hydrogen-bond acceptors (Lipinski definition) is 2. The first-order chi connectivity index (χ1) is 9.60. The zero-order valence-corrected chi connectivity index (χ0v) is 10.7. The standard InChI is InChI=1S/C14H15FN2O3/c15-8-12(14(19)20)17-13(18)4-2-9-1-3-11-10(7-9)5-6-16-11/h1,3,5-7,12,16H,2,4,8H2,(H,17,18)(H,19,20). The van der Waals surface area contributed by atoms with Crippen LogP contribution < -0.4 is 5.32 Å². The summed E-state index contributed by atoms with van der Waals surface area (Å²) in [5.41, 5.74) is 1.99. The van der Waals surface area contributed by atoms with Crippen LogP contribution in [0.3, 0.4) is 0 Å². The number of aliphatic carboxylic acids is 1. The molecular formula is C14H15FN2O3. The first-order valence-electron chi connectivity index (χ1n) is 6.24. The van der Waals surface area contributed by atoms with Crippen molar-refractivity contribution in [2.45, 2.75) is 18.9 Å². The normalized spacial score (nSPS) is 12.2. The van der Waals surface area contributed by atoms with Crippen LogP contribution in [0.4, 0.5) is 4.39 Å². The third-order valence-electron chi connectivity index (χ3n) is 3.05. The molecule has 0 aliphatic heterocycles. The Labute approximate surface area is 114 Å². The molecule has 0 bridgehead atoms. The number of rotatable bonds is 6. The van der Waals surface area contributed by atoms with E-state index >= 15 is 0 Å². The third kappa shape index (κ3) is 3.34. The Balaban J connectivity index is 1.90. The molecule has 0 radical (unpaired) electrons. The molecule has 6 heteroatoms. The second-order valence-electron chi connectivity index (χ2n) is 4.51. The van der Waals surface area contributed by atoms with Gasteiger partial charge in [0.25, 0.3) is 0 Å². The number of aromatic amines is 1. The number of nitrogens with one attached hydrogen (secondary N) is 2. The maximum absolute atomic E-state index is 12.4. The molecule has 0 aliphatic carbocycles. The molecule has 1 unspecified atom stereocenters. The van der Waals surface area contributed by atoms with Gasteiger partial charge in [-0.25, -0.2) is 9.18 Å². The lowest BCUT2D eigenvalue weighted by molar-refractivity contribution is -0.142. The van der Waals surface area contributed by atoms with Crippen molar-refractivity contribution in [2.75, 3.05) is 6.67 Å². The van der Waals surface area contributed by atoms with E-state index in [2.05, 4.69) is 10.3 Å². The monoisotopic (exact) mass is 278 g/mol. The van der Waals surface area contributed by atoms with Crippen LogP contribution in [-0.4, -0.2) is 34.7 Å². The average Bonchev–Trinajstić information content (AvgIpc) is 2.89. The number of carbonyl (C=O) groups excluding carboxylic acids is 1. The predicted octanol–water partition coefficient (Wildman–Crippen LogP) is 1.64. The third-order valence-corrected chi connectivity index (χ3v) is 3.05. The summed E-state index contributed by atoms with van der Waals surface area (Å²) in [6.07, 6.45) is 2.44. The van der Waals surface area contributed by atoms with Crippen molar-refractivity contribution in [3.63, 3.8) is 0 Å². The predicted molar refractivity (Wildman–Crippen MR) is 72.2 cm³/mol. The molecule has 106 valence electrons. The van der Waals surface area contributed by atoms with Crippen LogP contribution in [0.5, 0.6) is 0 Å². The number of carboxylic acids is 1. The number of aryl methyl sites for hydroxylation is 1. The molecule has 0 saturated heterocycles. The first kappa shape index (κ1) is 14.0. The Morgan fingerprint density at radius 2 is 2.15 bits per heavy atom. The van der Waals surface area contributed by atoms with Crippen molar-refractivity contribution in [3.05, 3.63) is 36.0 Å². The molecule has 20 heavy (non-hydrogen) atoms. The van der Waals surface area contributed by atoms with Crippen molar-refractivity contribution in [1.82, 2.24) is 10.3 Å². The average molecular weight is 278 g/mol. The molecule has 1 atom stereocenters. The number of alkyl halides is 1. The minimum atomic E-state index is -1.46. The lowest BCUT2D eigenvalue weighted by atomic mass is 10.1. The second kappa shape index (κ2) is 6.18. The van der Waals surface area contributed by atoms with E-state index in [4.69, 9.17) is 5.11 Å². The number of halogens is 1. The van der Waals surface area contributed by atoms with Crippen LogP contribution >= 0.6 is 0 Å². The zero-order chi connectivity index (χ0) is 14.5. The molecule has 3 N–H and O–H groups in total. The van der Waals surface area contributed by atoms with Crippen molar-refractivity contribution < 1.29 is 19.1 Å². The van der Waals surface area contributed by atoms with Gasteiger partial charge in [0.05, 0.1) is 0 Å². The number of carboxylic acid groups (broad SMARTS) is 1. The highest BCUT2D eigenvalue weighted by atomic mass is 19.1. The number of aromatic nitrogens is 1. The van der Waals surface area contributed by atoms with Gasteiger partial charge in [-0.15, -0.1) is 0 Å². The SMILES string of the molecule is O=C(CCc1ccc2[nH]ccc2c1)NC(CF)C(=O)O. The second-order valence-corrected chi connectivity index (χ2v) is 4.51. The molecule has 1 heterocycles. The van der Waals surface area contributed by atoms with Gasteiger partial charge in [0.15, 0.2) is 6.04 Å². The highest BCUT2D eigenvalue weighted by Crippen LogP contribution is 2.15. The fourth-order valence-corrected chi connectivity index (χ4v) is 1.95. The lowest BCUT2D eigenvalue weighted by Crippen LogP contribution is -2.42. The molecular weight excluding hydrogens is 263 g/mol. The molecule has 0 fully saturated rings. The number of carbonyl (C=O) groups is 2. The number of H-pyrrole nitrogens is 1. The van der Waals surface area contributed by atoms with Gasteiger partial charge in [-0.05, 0) is 35.6 Å². The van der Waals surface area contributed by atoms with Crippen molar-refractivity contribution in [3.8, 4) is 0 Å². The van der Waals surface area contributed by atoms with E-state index in [1.807, 2.05) is 30.5 Å². The Bertz CT molecular complexity index is 624. The molecule has 0 aliphatic rings. The summed E-state index contributed by atoms with van der Waals surface area (Å²) in [4.78, 5) is 25.2. The van der Waals surface area contributed by atoms with E-state index in [1.54, 1.807) is 0 Å². The highest BCUT2D eigenvalue weighted by Gasteiger charge is 2.19. The van der Waals surface area contributed by atoms with E-state index in [0.717, 1.165) is 16.5 Å². The van der Waals surface area contributed by atoms with E-state index in [-0.39, 0.29) is 6.42 Å². The van der Waals surface area contributed by atoms with Crippen LogP contribution in [0.2, 0.25) is 0 Å². The molecule has 1 aromatic carbocycles. The molecule has 0 spiro atoms. The van der Waals surface area contributed by atoms with Crippen LogP contribution in [-0.2, 0) is 16.0 Å². The van der Waals surface area contributed by atoms with Crippen molar-refractivity contribution in [1.29, 1.82) is 0 Å². The fourth-order valence-electron chi connectivity index (χ4n) is 1.95.